The molecule has 0 aromatic heterocycles. The molecule has 132 valence electrons. The Labute approximate surface area is 143 Å². The highest BCUT2D eigenvalue weighted by Gasteiger charge is 2.16. The molecule has 6 heteroatoms. The summed E-state index contributed by atoms with van der Waals surface area (Å²) in [5, 5.41) is 8.77. The molecule has 1 atom stereocenters. The molecule has 1 aliphatic heterocycles. The Bertz CT molecular complexity index is 554. The molecule has 0 bridgehead atoms. The van der Waals surface area contributed by atoms with E-state index in [0.717, 1.165) is 19.4 Å². The predicted molar refractivity (Wildman–Crippen MR) is 94.1 cm³/mol. The molecule has 1 aromatic rings. The lowest BCUT2D eigenvalue weighted by molar-refractivity contribution is -0.115. The van der Waals surface area contributed by atoms with Crippen LogP contribution < -0.4 is 16.0 Å². The van der Waals surface area contributed by atoms with E-state index in [1.807, 2.05) is 13.8 Å². The van der Waals surface area contributed by atoms with Crippen LogP contribution in [0.3, 0.4) is 0 Å². The zero-order chi connectivity index (χ0) is 17.4. The Balaban J connectivity index is 1.84. The van der Waals surface area contributed by atoms with Crippen molar-refractivity contribution >= 4 is 17.5 Å². The first-order chi connectivity index (χ1) is 11.6. The van der Waals surface area contributed by atoms with Gasteiger partial charge in [-0.25, -0.2) is 0 Å². The molecule has 2 amide bonds. The lowest BCUT2D eigenvalue weighted by atomic mass is 10.1. The number of carbonyl (C=O) groups is 2. The number of amides is 2. The molecular formula is C18H27N3O3. The van der Waals surface area contributed by atoms with E-state index in [0.29, 0.717) is 30.3 Å². The highest BCUT2D eigenvalue weighted by atomic mass is 16.5. The van der Waals surface area contributed by atoms with Gasteiger partial charge in [0, 0.05) is 19.7 Å². The molecule has 6 nitrogen and oxygen atoms in total. The molecule has 0 radical (unpaired) electrons. The van der Waals surface area contributed by atoms with Gasteiger partial charge in [0.25, 0.3) is 5.91 Å². The Morgan fingerprint density at radius 1 is 1.29 bits per heavy atom. The second-order valence-corrected chi connectivity index (χ2v) is 6.46. The SMILES string of the molecule is CC(C)CNC(=O)c1ccccc1NC(=O)CNCC1CCCO1. The number of carbonyl (C=O) groups excluding carboxylic acids is 2. The van der Waals surface area contributed by atoms with Gasteiger partial charge >= 0.3 is 0 Å². The first-order valence-electron chi connectivity index (χ1n) is 8.55. The molecule has 3 N–H and O–H groups in total. The summed E-state index contributed by atoms with van der Waals surface area (Å²) in [5.74, 6) is 0.0294. The third kappa shape index (κ3) is 5.94. The van der Waals surface area contributed by atoms with Crippen molar-refractivity contribution in [2.75, 3.05) is 31.6 Å². The van der Waals surface area contributed by atoms with Gasteiger partial charge in [-0.1, -0.05) is 26.0 Å². The fraction of sp³-hybridized carbons (Fsp3) is 0.556. The van der Waals surface area contributed by atoms with Crippen LogP contribution in [-0.2, 0) is 9.53 Å². The van der Waals surface area contributed by atoms with Gasteiger partial charge < -0.3 is 20.7 Å². The fourth-order valence-electron chi connectivity index (χ4n) is 2.53. The number of hydrogen-bond donors (Lipinski definition) is 3. The number of para-hydroxylation sites is 1. The van der Waals surface area contributed by atoms with Crippen molar-refractivity contribution in [3.05, 3.63) is 29.8 Å². The van der Waals surface area contributed by atoms with Crippen LogP contribution >= 0.6 is 0 Å². The monoisotopic (exact) mass is 333 g/mol. The minimum Gasteiger partial charge on any atom is -0.377 e. The third-order valence-corrected chi connectivity index (χ3v) is 3.80. The second kappa shape index (κ2) is 9.39. The largest absolute Gasteiger partial charge is 0.377 e. The number of anilines is 1. The first-order valence-corrected chi connectivity index (χ1v) is 8.55. The van der Waals surface area contributed by atoms with Crippen molar-refractivity contribution in [1.29, 1.82) is 0 Å². The Morgan fingerprint density at radius 2 is 2.08 bits per heavy atom. The van der Waals surface area contributed by atoms with Gasteiger partial charge in [0.15, 0.2) is 0 Å². The van der Waals surface area contributed by atoms with E-state index in [1.54, 1.807) is 24.3 Å². The summed E-state index contributed by atoms with van der Waals surface area (Å²) in [6, 6.07) is 7.04. The van der Waals surface area contributed by atoms with E-state index in [1.165, 1.54) is 0 Å². The molecule has 1 fully saturated rings. The van der Waals surface area contributed by atoms with Crippen LogP contribution in [0.2, 0.25) is 0 Å². The highest BCUT2D eigenvalue weighted by molar-refractivity contribution is 6.04. The summed E-state index contributed by atoms with van der Waals surface area (Å²) < 4.78 is 5.50. The summed E-state index contributed by atoms with van der Waals surface area (Å²) in [5.41, 5.74) is 1.01. The normalized spacial score (nSPS) is 17.0. The average molecular weight is 333 g/mol. The summed E-state index contributed by atoms with van der Waals surface area (Å²) in [4.78, 5) is 24.3. The van der Waals surface area contributed by atoms with Gasteiger partial charge in [0.05, 0.1) is 23.9 Å². The maximum Gasteiger partial charge on any atom is 0.253 e. The molecule has 1 heterocycles. The van der Waals surface area contributed by atoms with E-state index >= 15 is 0 Å². The average Bonchev–Trinajstić information content (AvgIpc) is 3.06. The van der Waals surface area contributed by atoms with Crippen LogP contribution in [0.4, 0.5) is 5.69 Å². The van der Waals surface area contributed by atoms with Crippen molar-refractivity contribution in [1.82, 2.24) is 10.6 Å². The first kappa shape index (κ1) is 18.4. The van der Waals surface area contributed by atoms with Gasteiger partial charge in [-0.3, -0.25) is 9.59 Å². The van der Waals surface area contributed by atoms with E-state index in [9.17, 15) is 9.59 Å². The lowest BCUT2D eigenvalue weighted by Crippen LogP contribution is -2.34. The Kier molecular flexibility index (Phi) is 7.21. The fourth-order valence-corrected chi connectivity index (χ4v) is 2.53. The number of hydrogen-bond acceptors (Lipinski definition) is 4. The molecule has 1 unspecified atom stereocenters. The van der Waals surface area contributed by atoms with Crippen LogP contribution in [0.25, 0.3) is 0 Å². The predicted octanol–water partition coefficient (Wildman–Crippen LogP) is 1.78. The zero-order valence-electron chi connectivity index (χ0n) is 14.4. The van der Waals surface area contributed by atoms with Crippen LogP contribution in [0.1, 0.15) is 37.0 Å². The van der Waals surface area contributed by atoms with Crippen molar-refractivity contribution in [2.45, 2.75) is 32.8 Å². The van der Waals surface area contributed by atoms with Crippen molar-refractivity contribution in [3.8, 4) is 0 Å². The van der Waals surface area contributed by atoms with Crippen LogP contribution in [0.15, 0.2) is 24.3 Å². The second-order valence-electron chi connectivity index (χ2n) is 6.46. The number of ether oxygens (including phenoxy) is 1. The van der Waals surface area contributed by atoms with Gasteiger partial charge in [-0.15, -0.1) is 0 Å². The standard InChI is InChI=1S/C18H27N3O3/c1-13(2)10-20-18(23)15-7-3-4-8-16(15)21-17(22)12-19-11-14-6-5-9-24-14/h3-4,7-8,13-14,19H,5-6,9-12H2,1-2H3,(H,20,23)(H,21,22). The molecule has 1 aromatic carbocycles. The number of rotatable bonds is 8. The number of benzene rings is 1. The molecule has 24 heavy (non-hydrogen) atoms. The topological polar surface area (TPSA) is 79.5 Å². The van der Waals surface area contributed by atoms with Crippen LogP contribution in [0.5, 0.6) is 0 Å². The summed E-state index contributed by atoms with van der Waals surface area (Å²) in [7, 11) is 0. The third-order valence-electron chi connectivity index (χ3n) is 3.80. The minimum atomic E-state index is -0.174. The van der Waals surface area contributed by atoms with Crippen molar-refractivity contribution in [2.24, 2.45) is 5.92 Å². The van der Waals surface area contributed by atoms with Crippen molar-refractivity contribution < 1.29 is 14.3 Å². The molecule has 1 aliphatic rings. The molecular weight excluding hydrogens is 306 g/mol. The number of nitrogens with one attached hydrogen (secondary N) is 3. The molecule has 0 aliphatic carbocycles. The van der Waals surface area contributed by atoms with E-state index in [-0.39, 0.29) is 24.5 Å². The zero-order valence-corrected chi connectivity index (χ0v) is 14.4. The van der Waals surface area contributed by atoms with Gasteiger partial charge in [0.1, 0.15) is 0 Å². The molecule has 1 saturated heterocycles. The van der Waals surface area contributed by atoms with E-state index in [4.69, 9.17) is 4.74 Å². The van der Waals surface area contributed by atoms with Gasteiger partial charge in [-0.05, 0) is 30.9 Å². The summed E-state index contributed by atoms with van der Waals surface area (Å²) in [6.07, 6.45) is 2.32. The minimum absolute atomic E-state index is 0.169. The van der Waals surface area contributed by atoms with E-state index < -0.39 is 0 Å². The summed E-state index contributed by atoms with van der Waals surface area (Å²) >= 11 is 0. The van der Waals surface area contributed by atoms with Crippen LogP contribution in [0, 0.1) is 5.92 Å². The maximum absolute atomic E-state index is 12.2. The summed E-state index contributed by atoms with van der Waals surface area (Å²) in [6.45, 7) is 6.34. The maximum atomic E-state index is 12.2. The molecule has 0 spiro atoms. The van der Waals surface area contributed by atoms with Gasteiger partial charge in [0.2, 0.25) is 5.91 Å². The molecule has 0 saturated carbocycles. The Morgan fingerprint density at radius 3 is 2.79 bits per heavy atom. The van der Waals surface area contributed by atoms with Crippen molar-refractivity contribution in [3.63, 3.8) is 0 Å². The quantitative estimate of drug-likeness (QED) is 0.677. The highest BCUT2D eigenvalue weighted by Crippen LogP contribution is 2.15. The Hall–Kier alpha value is -1.92. The van der Waals surface area contributed by atoms with Crippen LogP contribution in [-0.4, -0.2) is 44.2 Å². The van der Waals surface area contributed by atoms with E-state index in [2.05, 4.69) is 16.0 Å². The lowest BCUT2D eigenvalue weighted by Gasteiger charge is -2.13. The smallest absolute Gasteiger partial charge is 0.253 e. The molecule has 2 rings (SSSR count). The van der Waals surface area contributed by atoms with Gasteiger partial charge in [-0.2, -0.15) is 0 Å².